The molecule has 1 aromatic heterocycles. The van der Waals surface area contributed by atoms with Crippen molar-refractivity contribution in [3.63, 3.8) is 0 Å². The number of hydrogen-bond donors (Lipinski definition) is 0. The first kappa shape index (κ1) is 20.9. The topological polar surface area (TPSA) is 58.6 Å². The molecular formula is C23H29ClN4O2. The van der Waals surface area contributed by atoms with Crippen LogP contribution < -0.4 is 9.64 Å². The summed E-state index contributed by atoms with van der Waals surface area (Å²) in [5.74, 6) is 1.52. The highest BCUT2D eigenvalue weighted by Crippen LogP contribution is 2.43. The van der Waals surface area contributed by atoms with Gasteiger partial charge in [0.2, 0.25) is 11.8 Å². The molecule has 2 heterocycles. The lowest BCUT2D eigenvalue weighted by molar-refractivity contribution is -0.140. The van der Waals surface area contributed by atoms with Crippen molar-refractivity contribution in [2.24, 2.45) is 0 Å². The van der Waals surface area contributed by atoms with Crippen LogP contribution in [0.25, 0.3) is 0 Å². The van der Waals surface area contributed by atoms with Gasteiger partial charge in [-0.2, -0.15) is 0 Å². The molecule has 1 saturated carbocycles. The maximum Gasteiger partial charge on any atom is 0.233 e. The number of carbonyl (C=O) groups excluding carboxylic acids is 1. The van der Waals surface area contributed by atoms with E-state index < -0.39 is 5.41 Å². The van der Waals surface area contributed by atoms with Crippen LogP contribution in [-0.4, -0.2) is 54.3 Å². The van der Waals surface area contributed by atoms with E-state index in [-0.39, 0.29) is 12.0 Å². The predicted octanol–water partition coefficient (Wildman–Crippen LogP) is 4.08. The molecule has 0 radical (unpaired) electrons. The molecule has 1 aliphatic heterocycles. The van der Waals surface area contributed by atoms with Crippen LogP contribution in [0.2, 0.25) is 5.02 Å². The Kier molecular flexibility index (Phi) is 6.14. The van der Waals surface area contributed by atoms with Crippen molar-refractivity contribution in [2.45, 2.75) is 50.0 Å². The van der Waals surface area contributed by atoms with Crippen LogP contribution in [-0.2, 0) is 10.2 Å². The number of ether oxygens (including phenoxy) is 1. The molecule has 4 rings (SSSR count). The van der Waals surface area contributed by atoms with Gasteiger partial charge >= 0.3 is 0 Å². The molecule has 0 bridgehead atoms. The second kappa shape index (κ2) is 8.80. The first-order valence-corrected chi connectivity index (χ1v) is 11.1. The molecule has 2 fully saturated rings. The Hall–Kier alpha value is -2.34. The van der Waals surface area contributed by atoms with Crippen molar-refractivity contribution in [2.75, 3.05) is 32.1 Å². The monoisotopic (exact) mass is 428 g/mol. The van der Waals surface area contributed by atoms with E-state index in [9.17, 15) is 4.79 Å². The second-order valence-electron chi connectivity index (χ2n) is 8.55. The molecule has 30 heavy (non-hydrogen) atoms. The summed E-state index contributed by atoms with van der Waals surface area (Å²) < 4.78 is 6.08. The highest BCUT2D eigenvalue weighted by Gasteiger charge is 2.45. The first-order valence-electron chi connectivity index (χ1n) is 10.7. The third kappa shape index (κ3) is 4.24. The third-order valence-corrected chi connectivity index (χ3v) is 6.55. The van der Waals surface area contributed by atoms with Gasteiger partial charge in [0.15, 0.2) is 5.82 Å². The van der Waals surface area contributed by atoms with Crippen molar-refractivity contribution in [1.82, 2.24) is 15.1 Å². The number of rotatable bonds is 5. The highest BCUT2D eigenvalue weighted by atomic mass is 35.5. The number of amides is 1. The van der Waals surface area contributed by atoms with E-state index in [1.54, 1.807) is 0 Å². The van der Waals surface area contributed by atoms with Crippen LogP contribution in [0.15, 0.2) is 36.4 Å². The smallest absolute Gasteiger partial charge is 0.233 e. The number of halogens is 1. The standard InChI is InChI=1S/C23H29ClN4O2/c1-27(2)20-11-12-21(26-25-20)30-19-6-5-15-28(16-19)22(29)23(13-3-4-14-23)17-7-9-18(24)10-8-17/h7-12,19H,3-6,13-16H2,1-2H3. The molecule has 1 unspecified atom stereocenters. The Morgan fingerprint density at radius 2 is 1.83 bits per heavy atom. The molecule has 160 valence electrons. The average molecular weight is 429 g/mol. The van der Waals surface area contributed by atoms with Crippen molar-refractivity contribution in [3.8, 4) is 5.88 Å². The number of piperidine rings is 1. The Labute approximate surface area is 183 Å². The summed E-state index contributed by atoms with van der Waals surface area (Å²) in [6.07, 6.45) is 5.72. The minimum atomic E-state index is -0.431. The van der Waals surface area contributed by atoms with Crippen LogP contribution >= 0.6 is 11.6 Å². The normalized spacial score (nSPS) is 20.8. The summed E-state index contributed by atoms with van der Waals surface area (Å²) in [5, 5.41) is 9.06. The van der Waals surface area contributed by atoms with E-state index >= 15 is 0 Å². The fraction of sp³-hybridized carbons (Fsp3) is 0.522. The second-order valence-corrected chi connectivity index (χ2v) is 8.99. The van der Waals surface area contributed by atoms with Crippen LogP contribution in [0.3, 0.4) is 0 Å². The van der Waals surface area contributed by atoms with Crippen molar-refractivity contribution in [3.05, 3.63) is 47.0 Å². The maximum absolute atomic E-state index is 13.7. The van der Waals surface area contributed by atoms with Crippen molar-refractivity contribution >= 4 is 23.3 Å². The molecule has 2 aliphatic rings. The van der Waals surface area contributed by atoms with E-state index in [0.717, 1.165) is 56.5 Å². The quantitative estimate of drug-likeness (QED) is 0.718. The lowest BCUT2D eigenvalue weighted by Gasteiger charge is -2.39. The lowest BCUT2D eigenvalue weighted by atomic mass is 9.77. The molecule has 1 amide bonds. The molecular weight excluding hydrogens is 400 g/mol. The maximum atomic E-state index is 13.7. The minimum Gasteiger partial charge on any atom is -0.471 e. The first-order chi connectivity index (χ1) is 14.5. The molecule has 2 aromatic rings. The van der Waals surface area contributed by atoms with Crippen LogP contribution in [0.5, 0.6) is 5.88 Å². The van der Waals surface area contributed by atoms with Gasteiger partial charge in [0.25, 0.3) is 0 Å². The average Bonchev–Trinajstić information content (AvgIpc) is 3.25. The minimum absolute atomic E-state index is 0.0640. The number of aromatic nitrogens is 2. The van der Waals surface area contributed by atoms with Gasteiger partial charge in [-0.1, -0.05) is 36.6 Å². The van der Waals surface area contributed by atoms with Gasteiger partial charge in [0.1, 0.15) is 6.10 Å². The number of carbonyl (C=O) groups is 1. The zero-order valence-corrected chi connectivity index (χ0v) is 18.4. The SMILES string of the molecule is CN(C)c1ccc(OC2CCCN(C(=O)C3(c4ccc(Cl)cc4)CCCC3)C2)nn1. The molecule has 1 aromatic carbocycles. The Balaban J connectivity index is 1.47. The highest BCUT2D eigenvalue weighted by molar-refractivity contribution is 6.30. The van der Waals surface area contributed by atoms with Gasteiger partial charge in [-0.05, 0) is 49.4 Å². The van der Waals surface area contributed by atoms with Gasteiger partial charge in [-0.3, -0.25) is 4.79 Å². The van der Waals surface area contributed by atoms with E-state index in [4.69, 9.17) is 16.3 Å². The van der Waals surface area contributed by atoms with E-state index in [0.29, 0.717) is 17.4 Å². The fourth-order valence-electron chi connectivity index (χ4n) is 4.68. The number of benzene rings is 1. The number of likely N-dealkylation sites (tertiary alicyclic amines) is 1. The molecule has 1 atom stereocenters. The Bertz CT molecular complexity index is 864. The summed E-state index contributed by atoms with van der Waals surface area (Å²) in [7, 11) is 3.85. The van der Waals surface area contributed by atoms with E-state index in [2.05, 4.69) is 10.2 Å². The fourth-order valence-corrected chi connectivity index (χ4v) is 4.81. The van der Waals surface area contributed by atoms with Crippen LogP contribution in [0.4, 0.5) is 5.82 Å². The zero-order valence-electron chi connectivity index (χ0n) is 17.7. The summed E-state index contributed by atoms with van der Waals surface area (Å²) in [6, 6.07) is 11.6. The summed E-state index contributed by atoms with van der Waals surface area (Å²) in [4.78, 5) is 17.6. The number of hydrogen-bond acceptors (Lipinski definition) is 5. The molecule has 1 aliphatic carbocycles. The van der Waals surface area contributed by atoms with Gasteiger partial charge in [0, 0.05) is 31.7 Å². The number of nitrogens with zero attached hydrogens (tertiary/aromatic N) is 4. The molecule has 1 saturated heterocycles. The summed E-state index contributed by atoms with van der Waals surface area (Å²) in [6.45, 7) is 1.37. The van der Waals surface area contributed by atoms with Crippen molar-refractivity contribution < 1.29 is 9.53 Å². The molecule has 6 nitrogen and oxygen atoms in total. The van der Waals surface area contributed by atoms with Gasteiger partial charge < -0.3 is 14.5 Å². The van der Waals surface area contributed by atoms with Crippen molar-refractivity contribution in [1.29, 1.82) is 0 Å². The van der Waals surface area contributed by atoms with Crippen LogP contribution in [0, 0.1) is 0 Å². The van der Waals surface area contributed by atoms with Crippen LogP contribution in [0.1, 0.15) is 44.1 Å². The van der Waals surface area contributed by atoms with Gasteiger partial charge in [-0.25, -0.2) is 0 Å². The van der Waals surface area contributed by atoms with Gasteiger partial charge in [0.05, 0.1) is 12.0 Å². The number of anilines is 1. The predicted molar refractivity (Wildman–Crippen MR) is 118 cm³/mol. The Morgan fingerprint density at radius 3 is 2.47 bits per heavy atom. The summed E-state index contributed by atoms with van der Waals surface area (Å²) >= 11 is 6.09. The molecule has 7 heteroatoms. The molecule has 0 spiro atoms. The summed E-state index contributed by atoms with van der Waals surface area (Å²) in [5.41, 5.74) is 0.655. The largest absolute Gasteiger partial charge is 0.471 e. The van der Waals surface area contributed by atoms with Gasteiger partial charge in [-0.15, -0.1) is 10.2 Å². The zero-order chi connectivity index (χ0) is 21.1. The lowest BCUT2D eigenvalue weighted by Crippen LogP contribution is -2.51. The Morgan fingerprint density at radius 1 is 1.10 bits per heavy atom. The third-order valence-electron chi connectivity index (χ3n) is 6.30. The molecule has 0 N–H and O–H groups in total. The van der Waals surface area contributed by atoms with E-state index in [1.165, 1.54) is 0 Å². The van der Waals surface area contributed by atoms with E-state index in [1.807, 2.05) is 60.3 Å².